The molecule has 0 bridgehead atoms. The van der Waals surface area contributed by atoms with Crippen LogP contribution in [0.1, 0.15) is 75.2 Å². The maximum absolute atomic E-state index is 13.4. The average molecular weight is 494 g/mol. The first kappa shape index (κ1) is 25.0. The predicted octanol–water partition coefficient (Wildman–Crippen LogP) is 4.85. The van der Waals surface area contributed by atoms with Crippen molar-refractivity contribution in [3.05, 3.63) is 35.2 Å². The van der Waals surface area contributed by atoms with E-state index in [-0.39, 0.29) is 47.5 Å². The first-order valence-corrected chi connectivity index (χ1v) is 11.9. The molecule has 2 aromatic rings. The van der Waals surface area contributed by atoms with Crippen LogP contribution >= 0.6 is 0 Å². The van der Waals surface area contributed by atoms with Crippen molar-refractivity contribution in [1.29, 1.82) is 0 Å². The van der Waals surface area contributed by atoms with Crippen molar-refractivity contribution in [3.8, 4) is 11.4 Å². The summed E-state index contributed by atoms with van der Waals surface area (Å²) >= 11 is 0. The summed E-state index contributed by atoms with van der Waals surface area (Å²) in [4.78, 5) is 33.4. The number of halogens is 3. The first-order chi connectivity index (χ1) is 16.5. The van der Waals surface area contributed by atoms with Gasteiger partial charge in [0.1, 0.15) is 0 Å². The number of carbonyl (C=O) groups is 2. The van der Waals surface area contributed by atoms with E-state index in [1.165, 1.54) is 6.07 Å². The molecule has 11 heteroatoms. The van der Waals surface area contributed by atoms with Gasteiger partial charge >= 0.3 is 18.1 Å². The van der Waals surface area contributed by atoms with E-state index in [0.717, 1.165) is 31.2 Å². The molecular weight excluding hydrogens is 463 g/mol. The number of hydrogen-bond donors (Lipinski definition) is 1. The summed E-state index contributed by atoms with van der Waals surface area (Å²) in [6.07, 6.45) is -1.29. The number of amides is 3. The second-order valence-corrected chi connectivity index (χ2v) is 9.73. The van der Waals surface area contributed by atoms with Crippen LogP contribution in [0, 0.1) is 0 Å². The van der Waals surface area contributed by atoms with Gasteiger partial charge in [-0.1, -0.05) is 30.1 Å². The smallest absolute Gasteiger partial charge is 0.333 e. The zero-order valence-electron chi connectivity index (χ0n) is 20.2. The zero-order chi connectivity index (χ0) is 25.5. The molecule has 2 aliphatic rings. The summed E-state index contributed by atoms with van der Waals surface area (Å²) in [6.45, 7) is 8.26. The highest BCUT2D eigenvalue weighted by Gasteiger charge is 2.41. The average Bonchev–Trinajstić information content (AvgIpc) is 3.39. The quantitative estimate of drug-likeness (QED) is 0.643. The maximum atomic E-state index is 13.4. The van der Waals surface area contributed by atoms with Crippen LogP contribution in [0.4, 0.5) is 18.0 Å². The highest BCUT2D eigenvalue weighted by molar-refractivity contribution is 5.99. The highest BCUT2D eigenvalue weighted by Crippen LogP contribution is 2.34. The van der Waals surface area contributed by atoms with Crippen molar-refractivity contribution in [2.24, 2.45) is 0 Å². The van der Waals surface area contributed by atoms with Gasteiger partial charge in [-0.05, 0) is 52.2 Å². The maximum Gasteiger partial charge on any atom is 0.471 e. The minimum atomic E-state index is -4.74. The summed E-state index contributed by atoms with van der Waals surface area (Å²) in [7, 11) is 0. The Morgan fingerprint density at radius 2 is 1.86 bits per heavy atom. The Kier molecular flexibility index (Phi) is 6.79. The fraction of sp³-hybridized carbons (Fsp3) is 0.583. The van der Waals surface area contributed by atoms with Crippen molar-refractivity contribution in [3.63, 3.8) is 0 Å². The van der Waals surface area contributed by atoms with Crippen molar-refractivity contribution < 1.29 is 27.3 Å². The number of nitrogens with zero attached hydrogens (tertiary/aromatic N) is 4. The molecule has 0 spiro atoms. The van der Waals surface area contributed by atoms with E-state index in [1.54, 1.807) is 21.9 Å². The van der Waals surface area contributed by atoms with Gasteiger partial charge < -0.3 is 19.6 Å². The summed E-state index contributed by atoms with van der Waals surface area (Å²) < 4.78 is 42.8. The molecule has 1 aromatic carbocycles. The number of carbonyl (C=O) groups excluding carboxylic acids is 2. The molecule has 2 atom stereocenters. The normalized spacial score (nSPS) is 20.5. The van der Waals surface area contributed by atoms with E-state index >= 15 is 0 Å². The van der Waals surface area contributed by atoms with E-state index in [9.17, 15) is 22.8 Å². The number of nitrogens with one attached hydrogen (secondary N) is 1. The molecule has 1 fully saturated rings. The van der Waals surface area contributed by atoms with Gasteiger partial charge in [-0.2, -0.15) is 18.2 Å². The van der Waals surface area contributed by atoms with Gasteiger partial charge in [-0.15, -0.1) is 0 Å². The predicted molar refractivity (Wildman–Crippen MR) is 121 cm³/mol. The number of urea groups is 1. The van der Waals surface area contributed by atoms with Crippen molar-refractivity contribution in [1.82, 2.24) is 25.3 Å². The molecule has 1 aromatic heterocycles. The molecule has 190 valence electrons. The lowest BCUT2D eigenvalue weighted by atomic mass is 9.89. The van der Waals surface area contributed by atoms with Crippen molar-refractivity contribution in [2.75, 3.05) is 0 Å². The number of fused-ring (bicyclic) bond motifs is 1. The molecule has 1 aliphatic heterocycles. The molecule has 8 nitrogen and oxygen atoms in total. The molecule has 0 radical (unpaired) electrons. The molecule has 1 aliphatic carbocycles. The van der Waals surface area contributed by atoms with E-state index in [4.69, 9.17) is 0 Å². The zero-order valence-corrected chi connectivity index (χ0v) is 20.2. The van der Waals surface area contributed by atoms with Crippen molar-refractivity contribution >= 4 is 11.9 Å². The van der Waals surface area contributed by atoms with Crippen LogP contribution in [0.2, 0.25) is 0 Å². The van der Waals surface area contributed by atoms with E-state index in [0.29, 0.717) is 12.1 Å². The number of benzene rings is 1. The van der Waals surface area contributed by atoms with Crippen LogP contribution in [0.5, 0.6) is 0 Å². The first-order valence-electron chi connectivity index (χ1n) is 11.9. The van der Waals surface area contributed by atoms with Gasteiger partial charge in [0, 0.05) is 29.8 Å². The van der Waals surface area contributed by atoms with Crippen LogP contribution < -0.4 is 5.32 Å². The summed E-state index contributed by atoms with van der Waals surface area (Å²) in [5, 5.41) is 6.58. The van der Waals surface area contributed by atoms with Crippen LogP contribution in [0.15, 0.2) is 22.7 Å². The second-order valence-electron chi connectivity index (χ2n) is 9.73. The fourth-order valence-corrected chi connectivity index (χ4v) is 5.14. The van der Waals surface area contributed by atoms with E-state index in [2.05, 4.69) is 20.0 Å². The summed E-state index contributed by atoms with van der Waals surface area (Å²) in [5.74, 6) is -1.87. The molecular formula is C24H30F3N5O3. The molecule has 35 heavy (non-hydrogen) atoms. The number of rotatable bonds is 5. The standard InChI is InChI=1S/C24H30F3N5O3/c1-13(2)32(14(3)4)23(34)28-18-7-5-6-8-19(18)31-12-16-10-9-15(11-17(16)21(31)33)20-29-22(35-30-20)24(25,26)27/h9-11,13-14,18-19H,5-8,12H2,1-4H3,(H,28,34)/t18-,19-/m1/s1. The van der Waals surface area contributed by atoms with E-state index in [1.807, 2.05) is 27.7 Å². The van der Waals surface area contributed by atoms with Gasteiger partial charge in [0.15, 0.2) is 0 Å². The minimum Gasteiger partial charge on any atom is -0.333 e. The van der Waals surface area contributed by atoms with Gasteiger partial charge in [0.25, 0.3) is 5.91 Å². The van der Waals surface area contributed by atoms with Gasteiger partial charge in [-0.25, -0.2) is 4.79 Å². The molecule has 3 amide bonds. The SMILES string of the molecule is CC(C)N(C(=O)N[C@@H]1CCCC[C@H]1N1Cc2ccc(-c3noc(C(F)(F)F)n3)cc2C1=O)C(C)C. The third kappa shape index (κ3) is 4.99. The molecule has 2 heterocycles. The minimum absolute atomic E-state index is 0.0381. The Hall–Kier alpha value is -3.11. The molecule has 0 saturated heterocycles. The van der Waals surface area contributed by atoms with Crippen LogP contribution in [-0.4, -0.2) is 56.0 Å². The lowest BCUT2D eigenvalue weighted by molar-refractivity contribution is -0.159. The highest BCUT2D eigenvalue weighted by atomic mass is 19.4. The van der Waals surface area contributed by atoms with Crippen LogP contribution in [0.25, 0.3) is 11.4 Å². The Morgan fingerprint density at radius 3 is 2.49 bits per heavy atom. The second kappa shape index (κ2) is 9.50. The van der Waals surface area contributed by atoms with Crippen LogP contribution in [0.3, 0.4) is 0 Å². The number of alkyl halides is 3. The summed E-state index contributed by atoms with van der Waals surface area (Å²) in [6, 6.07) is 4.40. The molecule has 0 unspecified atom stereocenters. The third-order valence-corrected chi connectivity index (χ3v) is 6.65. The van der Waals surface area contributed by atoms with Gasteiger partial charge in [0.05, 0.1) is 12.1 Å². The van der Waals surface area contributed by atoms with Crippen LogP contribution in [-0.2, 0) is 12.7 Å². The monoisotopic (exact) mass is 493 g/mol. The topological polar surface area (TPSA) is 91.6 Å². The Bertz CT molecular complexity index is 1090. The fourth-order valence-electron chi connectivity index (χ4n) is 5.14. The molecule has 1 saturated carbocycles. The van der Waals surface area contributed by atoms with Crippen molar-refractivity contribution in [2.45, 2.75) is 90.3 Å². The lowest BCUT2D eigenvalue weighted by Gasteiger charge is -2.40. The number of hydrogen-bond acceptors (Lipinski definition) is 5. The number of aromatic nitrogens is 2. The van der Waals surface area contributed by atoms with Gasteiger partial charge in [-0.3, -0.25) is 4.79 Å². The van der Waals surface area contributed by atoms with E-state index < -0.39 is 12.1 Å². The molecule has 1 N–H and O–H groups in total. The Balaban J connectivity index is 1.53. The summed E-state index contributed by atoms with van der Waals surface area (Å²) in [5.41, 5.74) is 1.46. The third-order valence-electron chi connectivity index (χ3n) is 6.65. The van der Waals surface area contributed by atoms with Gasteiger partial charge in [0.2, 0.25) is 5.82 Å². The molecule has 4 rings (SSSR count). The largest absolute Gasteiger partial charge is 0.471 e. The Labute approximate surface area is 201 Å². The Morgan fingerprint density at radius 1 is 1.17 bits per heavy atom. The lowest BCUT2D eigenvalue weighted by Crippen LogP contribution is -2.57.